The summed E-state index contributed by atoms with van der Waals surface area (Å²) in [6, 6.07) is 7.62. The van der Waals surface area contributed by atoms with Gasteiger partial charge in [0.1, 0.15) is 22.5 Å². The van der Waals surface area contributed by atoms with E-state index >= 15 is 0 Å². The highest BCUT2D eigenvalue weighted by Crippen LogP contribution is 2.39. The monoisotopic (exact) mass is 505 g/mol. The number of aromatic nitrogens is 3. The zero-order chi connectivity index (χ0) is 26.0. The van der Waals surface area contributed by atoms with Crippen molar-refractivity contribution in [2.75, 3.05) is 6.54 Å². The Kier molecular flexibility index (Phi) is 7.41. The van der Waals surface area contributed by atoms with E-state index in [-0.39, 0.29) is 18.9 Å². The molecule has 1 aromatic carbocycles. The summed E-state index contributed by atoms with van der Waals surface area (Å²) in [7, 11) is 0. The van der Waals surface area contributed by atoms with Gasteiger partial charge in [-0.05, 0) is 52.7 Å². The van der Waals surface area contributed by atoms with Crippen molar-refractivity contribution in [3.8, 4) is 16.8 Å². The van der Waals surface area contributed by atoms with Gasteiger partial charge >= 0.3 is 5.97 Å². The fourth-order valence-corrected chi connectivity index (χ4v) is 5.33. The third kappa shape index (κ3) is 5.41. The number of rotatable bonds is 5. The van der Waals surface area contributed by atoms with E-state index in [4.69, 9.17) is 14.9 Å². The van der Waals surface area contributed by atoms with Crippen LogP contribution < -0.4 is 5.48 Å². The van der Waals surface area contributed by atoms with Gasteiger partial charge in [0, 0.05) is 22.4 Å². The number of hydroxylamine groups is 1. The van der Waals surface area contributed by atoms with Gasteiger partial charge in [-0.25, -0.2) is 0 Å². The minimum Gasteiger partial charge on any atom is -0.460 e. The number of fused-ring (bicyclic) bond motifs is 3. The molecule has 0 saturated carbocycles. The van der Waals surface area contributed by atoms with Crippen LogP contribution in [0.1, 0.15) is 72.0 Å². The Labute approximate surface area is 215 Å². The molecule has 0 aliphatic carbocycles. The number of ether oxygens (including phenoxy) is 1. The molecule has 2 N–H and O–H groups in total. The lowest BCUT2D eigenvalue weighted by atomic mass is 9.98. The highest BCUT2D eigenvalue weighted by Gasteiger charge is 2.33. The van der Waals surface area contributed by atoms with Crippen LogP contribution in [0.3, 0.4) is 0 Å². The van der Waals surface area contributed by atoms with Gasteiger partial charge in [-0.2, -0.15) is 5.48 Å². The minimum absolute atomic E-state index is 0.0679. The number of nitrogens with one attached hydrogen (secondary N) is 1. The lowest BCUT2D eigenvalue weighted by Gasteiger charge is -2.21. The SMILES string of the molecule is Cc1sc2c(c1C)C(c1ccc(CC#CCNO)cc1)=N[C@H](CC(=O)OC(C)(C)C)c1nnc(C)n1-2. The van der Waals surface area contributed by atoms with Gasteiger partial charge < -0.3 is 9.94 Å². The van der Waals surface area contributed by atoms with Crippen LogP contribution in [0.25, 0.3) is 5.00 Å². The highest BCUT2D eigenvalue weighted by molar-refractivity contribution is 7.15. The Hall–Kier alpha value is -3.32. The second-order valence-electron chi connectivity index (χ2n) is 9.75. The Morgan fingerprint density at radius 2 is 1.89 bits per heavy atom. The fraction of sp³-hybridized carbons (Fsp3) is 0.407. The number of thiophene rings is 1. The van der Waals surface area contributed by atoms with Crippen LogP contribution in [0.2, 0.25) is 0 Å². The summed E-state index contributed by atoms with van der Waals surface area (Å²) in [5, 5.41) is 18.4. The third-order valence-corrected chi connectivity index (χ3v) is 7.02. The molecule has 188 valence electrons. The molecule has 36 heavy (non-hydrogen) atoms. The number of benzene rings is 1. The smallest absolute Gasteiger partial charge is 0.308 e. The molecule has 1 aliphatic heterocycles. The summed E-state index contributed by atoms with van der Waals surface area (Å²) in [5.41, 5.74) is 6.48. The normalized spacial score (nSPS) is 14.8. The van der Waals surface area contributed by atoms with Gasteiger partial charge in [0.25, 0.3) is 0 Å². The molecule has 0 bridgehead atoms. The summed E-state index contributed by atoms with van der Waals surface area (Å²) in [4.78, 5) is 19.2. The molecule has 0 unspecified atom stereocenters. The second kappa shape index (κ2) is 10.3. The number of nitrogens with zero attached hydrogens (tertiary/aromatic N) is 4. The van der Waals surface area contributed by atoms with Crippen molar-refractivity contribution in [1.29, 1.82) is 0 Å². The van der Waals surface area contributed by atoms with Crippen molar-refractivity contribution in [3.05, 3.63) is 63.0 Å². The molecule has 1 aliphatic rings. The number of carbonyl (C=O) groups excluding carboxylic acids is 1. The quantitative estimate of drug-likeness (QED) is 0.303. The Morgan fingerprint density at radius 3 is 2.56 bits per heavy atom. The van der Waals surface area contributed by atoms with Crippen LogP contribution in [0.15, 0.2) is 29.3 Å². The van der Waals surface area contributed by atoms with E-state index in [1.165, 1.54) is 4.88 Å². The van der Waals surface area contributed by atoms with Crippen LogP contribution in [0, 0.1) is 32.6 Å². The fourth-order valence-electron chi connectivity index (χ4n) is 4.11. The molecule has 4 rings (SSSR count). The van der Waals surface area contributed by atoms with Crippen LogP contribution in [0.4, 0.5) is 0 Å². The van der Waals surface area contributed by atoms with E-state index in [1.54, 1.807) is 11.3 Å². The van der Waals surface area contributed by atoms with E-state index in [1.807, 2.05) is 62.0 Å². The molecule has 2 aromatic heterocycles. The maximum absolute atomic E-state index is 12.8. The summed E-state index contributed by atoms with van der Waals surface area (Å²) in [6.07, 6.45) is 0.649. The molecule has 8 nitrogen and oxygen atoms in total. The first kappa shape index (κ1) is 25.8. The molecule has 1 atom stereocenters. The highest BCUT2D eigenvalue weighted by atomic mass is 32.1. The zero-order valence-corrected chi connectivity index (χ0v) is 22.3. The standard InChI is InChI=1S/C27H31N5O3S/c1-16-17(2)36-26-23(16)24(20-12-10-19(11-13-20)9-7-8-14-28-34)29-21(15-22(33)35-27(4,5)6)25-31-30-18(3)32(25)26/h10-13,21,28,34H,9,14-15H2,1-6H3/t21-/m1/s1. The summed E-state index contributed by atoms with van der Waals surface area (Å²) < 4.78 is 7.65. The van der Waals surface area contributed by atoms with Crippen LogP contribution in [-0.2, 0) is 16.0 Å². The summed E-state index contributed by atoms with van der Waals surface area (Å²) >= 11 is 1.68. The minimum atomic E-state index is -0.587. The van der Waals surface area contributed by atoms with Gasteiger partial charge in [-0.3, -0.25) is 14.4 Å². The van der Waals surface area contributed by atoms with Crippen molar-refractivity contribution in [3.63, 3.8) is 0 Å². The van der Waals surface area contributed by atoms with E-state index in [0.717, 1.165) is 38.8 Å². The Balaban J connectivity index is 1.80. The van der Waals surface area contributed by atoms with Gasteiger partial charge in [0.15, 0.2) is 5.82 Å². The molecule has 3 heterocycles. The number of aryl methyl sites for hydroxylation is 2. The number of esters is 1. The topological polar surface area (TPSA) is 102 Å². The van der Waals surface area contributed by atoms with Crippen molar-refractivity contribution in [1.82, 2.24) is 20.2 Å². The summed E-state index contributed by atoms with van der Waals surface area (Å²) in [5.74, 6) is 6.95. The maximum Gasteiger partial charge on any atom is 0.308 e. The van der Waals surface area contributed by atoms with Crippen molar-refractivity contribution in [2.45, 2.75) is 66.0 Å². The molecule has 0 spiro atoms. The van der Waals surface area contributed by atoms with Crippen LogP contribution >= 0.6 is 11.3 Å². The van der Waals surface area contributed by atoms with E-state index in [2.05, 4.69) is 35.9 Å². The molecule has 0 fully saturated rings. The third-order valence-electron chi connectivity index (χ3n) is 5.83. The predicted octanol–water partition coefficient (Wildman–Crippen LogP) is 4.40. The molecular weight excluding hydrogens is 474 g/mol. The van der Waals surface area contributed by atoms with Gasteiger partial charge in [-0.15, -0.1) is 21.5 Å². The van der Waals surface area contributed by atoms with Crippen molar-refractivity contribution >= 4 is 23.0 Å². The number of hydrogen-bond donors (Lipinski definition) is 2. The number of aliphatic imine (C=N–C) groups is 1. The Morgan fingerprint density at radius 1 is 1.17 bits per heavy atom. The lowest BCUT2D eigenvalue weighted by molar-refractivity contribution is -0.155. The van der Waals surface area contributed by atoms with Crippen molar-refractivity contribution < 1.29 is 14.7 Å². The van der Waals surface area contributed by atoms with E-state index in [0.29, 0.717) is 12.2 Å². The lowest BCUT2D eigenvalue weighted by Crippen LogP contribution is -2.25. The van der Waals surface area contributed by atoms with Crippen LogP contribution in [0.5, 0.6) is 0 Å². The molecule has 0 saturated heterocycles. The Bertz CT molecular complexity index is 1370. The first-order chi connectivity index (χ1) is 17.1. The number of hydrogen-bond acceptors (Lipinski definition) is 8. The first-order valence-electron chi connectivity index (χ1n) is 11.8. The summed E-state index contributed by atoms with van der Waals surface area (Å²) in [6.45, 7) is 11.9. The number of carbonyl (C=O) groups is 1. The maximum atomic E-state index is 12.8. The zero-order valence-electron chi connectivity index (χ0n) is 21.5. The molecule has 3 aromatic rings. The molecule has 0 amide bonds. The average molecular weight is 506 g/mol. The second-order valence-corrected chi connectivity index (χ2v) is 11.0. The molecule has 0 radical (unpaired) electrons. The largest absolute Gasteiger partial charge is 0.460 e. The van der Waals surface area contributed by atoms with Gasteiger partial charge in [0.05, 0.1) is 18.7 Å². The molecular formula is C27H31N5O3S. The van der Waals surface area contributed by atoms with Crippen molar-refractivity contribution in [2.24, 2.45) is 4.99 Å². The van der Waals surface area contributed by atoms with Gasteiger partial charge in [-0.1, -0.05) is 36.1 Å². The van der Waals surface area contributed by atoms with E-state index < -0.39 is 11.6 Å². The van der Waals surface area contributed by atoms with Crippen LogP contribution in [-0.4, -0.2) is 43.8 Å². The predicted molar refractivity (Wildman–Crippen MR) is 140 cm³/mol. The first-order valence-corrected chi connectivity index (χ1v) is 12.6. The van der Waals surface area contributed by atoms with E-state index in [9.17, 15) is 4.79 Å². The molecule has 9 heteroatoms. The van der Waals surface area contributed by atoms with Gasteiger partial charge in [0.2, 0.25) is 0 Å². The average Bonchev–Trinajstić information content (AvgIpc) is 3.28.